The van der Waals surface area contributed by atoms with E-state index in [2.05, 4.69) is 0 Å². The number of alkyl halides is 3. The van der Waals surface area contributed by atoms with Crippen molar-refractivity contribution in [3.8, 4) is 0 Å². The minimum absolute atomic E-state index is 0.102. The first-order valence-corrected chi connectivity index (χ1v) is 6.58. The summed E-state index contributed by atoms with van der Waals surface area (Å²) in [7, 11) is 0. The van der Waals surface area contributed by atoms with E-state index in [1.54, 1.807) is 4.90 Å². The van der Waals surface area contributed by atoms with Gasteiger partial charge >= 0.3 is 0 Å². The van der Waals surface area contributed by atoms with Gasteiger partial charge < -0.3 is 15.3 Å². The quantitative estimate of drug-likeness (QED) is 0.527. The molecule has 0 aromatic heterocycles. The molecule has 0 aromatic rings. The second-order valence-corrected chi connectivity index (χ2v) is 4.57. The van der Waals surface area contributed by atoms with Crippen LogP contribution >= 0.6 is 34.8 Å². The Balaban J connectivity index is 4.15. The molecule has 98 valence electrons. The molecule has 0 saturated carbocycles. The van der Waals surface area contributed by atoms with Crippen molar-refractivity contribution < 1.29 is 15.3 Å². The monoisotopic (exact) mass is 293 g/mol. The summed E-state index contributed by atoms with van der Waals surface area (Å²) >= 11 is 16.4. The van der Waals surface area contributed by atoms with Crippen molar-refractivity contribution in [1.29, 1.82) is 0 Å². The van der Waals surface area contributed by atoms with Crippen LogP contribution in [0.5, 0.6) is 0 Å². The Labute approximate surface area is 111 Å². The number of rotatable bonds is 9. The largest absolute Gasteiger partial charge is 0.391 e. The van der Waals surface area contributed by atoms with Gasteiger partial charge in [-0.1, -0.05) is 0 Å². The van der Waals surface area contributed by atoms with E-state index in [1.807, 2.05) is 0 Å². The zero-order valence-electron chi connectivity index (χ0n) is 8.90. The van der Waals surface area contributed by atoms with Crippen molar-refractivity contribution >= 4 is 34.8 Å². The Kier molecular flexibility index (Phi) is 10.1. The first-order valence-electron chi connectivity index (χ1n) is 4.97. The van der Waals surface area contributed by atoms with Gasteiger partial charge in [0.15, 0.2) is 0 Å². The minimum Gasteiger partial charge on any atom is -0.391 e. The molecule has 0 amide bonds. The van der Waals surface area contributed by atoms with Gasteiger partial charge in [0, 0.05) is 37.3 Å². The van der Waals surface area contributed by atoms with Gasteiger partial charge in [0.25, 0.3) is 0 Å². The van der Waals surface area contributed by atoms with Crippen molar-refractivity contribution in [1.82, 2.24) is 4.90 Å². The summed E-state index contributed by atoms with van der Waals surface area (Å²) in [5.74, 6) is 0.305. The molecule has 0 aliphatic heterocycles. The average molecular weight is 295 g/mol. The van der Waals surface area contributed by atoms with E-state index in [9.17, 15) is 15.3 Å². The summed E-state index contributed by atoms with van der Waals surface area (Å²) in [6, 6.07) is 0. The third-order valence-corrected chi connectivity index (χ3v) is 3.01. The molecule has 0 saturated heterocycles. The first kappa shape index (κ1) is 16.7. The highest BCUT2D eigenvalue weighted by molar-refractivity contribution is 6.18. The fraction of sp³-hybridized carbons (Fsp3) is 1.00. The first-order chi connectivity index (χ1) is 7.53. The van der Waals surface area contributed by atoms with Gasteiger partial charge in [-0.3, -0.25) is 4.90 Å². The molecule has 0 radical (unpaired) electrons. The van der Waals surface area contributed by atoms with Crippen LogP contribution in [0, 0.1) is 0 Å². The number of hydrogen-bond acceptors (Lipinski definition) is 4. The van der Waals surface area contributed by atoms with Gasteiger partial charge in [0.1, 0.15) is 0 Å². The maximum atomic E-state index is 9.40. The van der Waals surface area contributed by atoms with Gasteiger partial charge in [-0.2, -0.15) is 0 Å². The molecule has 0 unspecified atom stereocenters. The lowest BCUT2D eigenvalue weighted by molar-refractivity contribution is 0.0556. The molecule has 0 heterocycles. The van der Waals surface area contributed by atoms with Crippen molar-refractivity contribution in [2.75, 3.05) is 37.3 Å². The summed E-state index contributed by atoms with van der Waals surface area (Å²) in [6.07, 6.45) is -2.11. The van der Waals surface area contributed by atoms with E-state index in [0.29, 0.717) is 0 Å². The molecular formula is C9H18Cl3NO3. The van der Waals surface area contributed by atoms with E-state index in [4.69, 9.17) is 34.8 Å². The second-order valence-electron chi connectivity index (χ2n) is 3.64. The van der Waals surface area contributed by atoms with Gasteiger partial charge in [-0.05, 0) is 0 Å². The SMILES string of the molecule is O[C@@H](CCl)CN(C[C@@H](O)CCl)C[C@@H](O)CCl. The smallest absolute Gasteiger partial charge is 0.0802 e. The summed E-state index contributed by atoms with van der Waals surface area (Å²) < 4.78 is 0. The van der Waals surface area contributed by atoms with Crippen molar-refractivity contribution in [2.45, 2.75) is 18.3 Å². The predicted molar refractivity (Wildman–Crippen MR) is 66.6 cm³/mol. The summed E-state index contributed by atoms with van der Waals surface area (Å²) in [4.78, 5) is 1.69. The molecule has 0 fully saturated rings. The van der Waals surface area contributed by atoms with Crippen molar-refractivity contribution in [3.05, 3.63) is 0 Å². The second kappa shape index (κ2) is 9.71. The zero-order valence-corrected chi connectivity index (χ0v) is 11.2. The maximum Gasteiger partial charge on any atom is 0.0802 e. The molecular weight excluding hydrogens is 276 g/mol. The molecule has 3 atom stereocenters. The summed E-state index contributed by atoms with van der Waals surface area (Å²) in [5.41, 5.74) is 0. The molecule has 4 nitrogen and oxygen atoms in total. The van der Waals surface area contributed by atoms with Gasteiger partial charge in [0.05, 0.1) is 18.3 Å². The summed E-state index contributed by atoms with van der Waals surface area (Å²) in [6.45, 7) is 0.808. The Hall–Kier alpha value is 0.710. The predicted octanol–water partition coefficient (Wildman–Crippen LogP) is 0.0875. The molecule has 7 heteroatoms. The molecule has 0 spiro atoms. The Morgan fingerprint density at radius 2 is 0.938 bits per heavy atom. The van der Waals surface area contributed by atoms with Crippen molar-refractivity contribution in [2.24, 2.45) is 0 Å². The lowest BCUT2D eigenvalue weighted by Gasteiger charge is -2.27. The van der Waals surface area contributed by atoms with Crippen LogP contribution < -0.4 is 0 Å². The van der Waals surface area contributed by atoms with E-state index in [1.165, 1.54) is 0 Å². The lowest BCUT2D eigenvalue weighted by atomic mass is 10.2. The summed E-state index contributed by atoms with van der Waals surface area (Å²) in [5, 5.41) is 28.2. The molecule has 16 heavy (non-hydrogen) atoms. The van der Waals surface area contributed by atoms with Crippen LogP contribution in [-0.4, -0.2) is 75.8 Å². The zero-order chi connectivity index (χ0) is 12.6. The number of nitrogens with zero attached hydrogens (tertiary/aromatic N) is 1. The molecule has 0 aromatic carbocycles. The highest BCUT2D eigenvalue weighted by atomic mass is 35.5. The fourth-order valence-corrected chi connectivity index (χ4v) is 1.56. The molecule has 0 bridgehead atoms. The Morgan fingerprint density at radius 1 is 0.688 bits per heavy atom. The minimum atomic E-state index is -0.702. The van der Waals surface area contributed by atoms with Crippen LogP contribution in [0.3, 0.4) is 0 Å². The molecule has 0 aliphatic carbocycles. The van der Waals surface area contributed by atoms with E-state index in [-0.39, 0.29) is 37.3 Å². The molecule has 0 aliphatic rings. The normalized spacial score (nSPS) is 17.4. The standard InChI is InChI=1S/C9H18Cl3NO3/c10-1-7(14)4-13(5-8(15)2-11)6-9(16)3-12/h7-9,14-16H,1-6H2/t7-,8-,9-/m0/s1. The molecule has 3 N–H and O–H groups in total. The fourth-order valence-electron chi connectivity index (χ4n) is 1.26. The van der Waals surface area contributed by atoms with E-state index >= 15 is 0 Å². The van der Waals surface area contributed by atoms with Gasteiger partial charge in [-0.15, -0.1) is 34.8 Å². The Bertz CT molecular complexity index is 148. The number of hydrogen-bond donors (Lipinski definition) is 3. The van der Waals surface area contributed by atoms with Crippen LogP contribution in [0.15, 0.2) is 0 Å². The maximum absolute atomic E-state index is 9.40. The number of aliphatic hydroxyl groups excluding tert-OH is 3. The van der Waals surface area contributed by atoms with Crippen LogP contribution in [0.1, 0.15) is 0 Å². The van der Waals surface area contributed by atoms with Gasteiger partial charge in [0.2, 0.25) is 0 Å². The van der Waals surface area contributed by atoms with Crippen LogP contribution in [-0.2, 0) is 0 Å². The highest BCUT2D eigenvalue weighted by Crippen LogP contribution is 2.02. The van der Waals surface area contributed by atoms with E-state index in [0.717, 1.165) is 0 Å². The number of halogens is 3. The third kappa shape index (κ3) is 7.90. The van der Waals surface area contributed by atoms with Crippen LogP contribution in [0.4, 0.5) is 0 Å². The molecule has 0 rings (SSSR count). The average Bonchev–Trinajstić information content (AvgIpc) is 2.28. The van der Waals surface area contributed by atoms with Crippen molar-refractivity contribution in [3.63, 3.8) is 0 Å². The van der Waals surface area contributed by atoms with Crippen LogP contribution in [0.2, 0.25) is 0 Å². The van der Waals surface area contributed by atoms with Crippen LogP contribution in [0.25, 0.3) is 0 Å². The third-order valence-electron chi connectivity index (χ3n) is 1.94. The van der Waals surface area contributed by atoms with Gasteiger partial charge in [-0.25, -0.2) is 0 Å². The highest BCUT2D eigenvalue weighted by Gasteiger charge is 2.17. The van der Waals surface area contributed by atoms with E-state index < -0.39 is 18.3 Å². The Morgan fingerprint density at radius 3 is 1.12 bits per heavy atom. The lowest BCUT2D eigenvalue weighted by Crippen LogP contribution is -2.43. The topological polar surface area (TPSA) is 63.9 Å². The number of aliphatic hydroxyl groups is 3.